The highest BCUT2D eigenvalue weighted by Gasteiger charge is 2.31. The zero-order valence-electron chi connectivity index (χ0n) is 11.1. The largest absolute Gasteiger partial charge is 0.329 e. The lowest BCUT2D eigenvalue weighted by molar-refractivity contribution is 0.201. The first-order chi connectivity index (χ1) is 9.33. The summed E-state index contributed by atoms with van der Waals surface area (Å²) in [5.41, 5.74) is 1.20. The van der Waals surface area contributed by atoms with Crippen molar-refractivity contribution < 1.29 is 4.79 Å². The standard InChI is InChI=1S/C15H21N3O/c19-15-17-14(13-4-2-1-3-5-13)11-18(15)10-12-6-8-16-9-7-12/h1-5,12,14,16H,6-11H2,(H,17,19). The zero-order valence-corrected chi connectivity index (χ0v) is 11.1. The van der Waals surface area contributed by atoms with Gasteiger partial charge in [-0.1, -0.05) is 30.3 Å². The van der Waals surface area contributed by atoms with Gasteiger partial charge >= 0.3 is 6.03 Å². The Hall–Kier alpha value is -1.55. The van der Waals surface area contributed by atoms with Crippen LogP contribution >= 0.6 is 0 Å². The Bertz CT molecular complexity index is 428. The van der Waals surface area contributed by atoms with Crippen molar-refractivity contribution in [2.24, 2.45) is 5.92 Å². The third-order valence-corrected chi connectivity index (χ3v) is 4.13. The van der Waals surface area contributed by atoms with Crippen LogP contribution in [-0.2, 0) is 0 Å². The highest BCUT2D eigenvalue weighted by atomic mass is 16.2. The van der Waals surface area contributed by atoms with Gasteiger partial charge in [-0.25, -0.2) is 4.79 Å². The first-order valence-electron chi connectivity index (χ1n) is 7.14. The normalized spacial score (nSPS) is 24.5. The average Bonchev–Trinajstić information content (AvgIpc) is 2.82. The fraction of sp³-hybridized carbons (Fsp3) is 0.533. The van der Waals surface area contributed by atoms with Crippen LogP contribution in [0.1, 0.15) is 24.4 Å². The molecular formula is C15H21N3O. The van der Waals surface area contributed by atoms with Crippen LogP contribution < -0.4 is 10.6 Å². The maximum atomic E-state index is 12.0. The number of hydrogen-bond donors (Lipinski definition) is 2. The third kappa shape index (κ3) is 2.89. The SMILES string of the molecule is O=C1NC(c2ccccc2)CN1CC1CCNCC1. The summed E-state index contributed by atoms with van der Waals surface area (Å²) in [5, 5.41) is 6.45. The maximum absolute atomic E-state index is 12.0. The van der Waals surface area contributed by atoms with E-state index in [4.69, 9.17) is 0 Å². The van der Waals surface area contributed by atoms with Crippen molar-refractivity contribution in [3.8, 4) is 0 Å². The van der Waals surface area contributed by atoms with E-state index in [0.29, 0.717) is 5.92 Å². The van der Waals surface area contributed by atoms with E-state index in [1.165, 1.54) is 18.4 Å². The second-order valence-electron chi connectivity index (χ2n) is 5.51. The summed E-state index contributed by atoms with van der Waals surface area (Å²) in [6.07, 6.45) is 2.36. The van der Waals surface area contributed by atoms with E-state index in [1.54, 1.807) is 0 Å². The van der Waals surface area contributed by atoms with Gasteiger partial charge in [-0.15, -0.1) is 0 Å². The van der Waals surface area contributed by atoms with Crippen LogP contribution in [0.2, 0.25) is 0 Å². The molecule has 1 unspecified atom stereocenters. The van der Waals surface area contributed by atoms with Gasteiger partial charge in [0.05, 0.1) is 6.04 Å². The molecule has 2 heterocycles. The highest BCUT2D eigenvalue weighted by Crippen LogP contribution is 2.22. The predicted molar refractivity (Wildman–Crippen MR) is 74.9 cm³/mol. The lowest BCUT2D eigenvalue weighted by atomic mass is 9.97. The minimum absolute atomic E-state index is 0.0902. The molecule has 0 aliphatic carbocycles. The van der Waals surface area contributed by atoms with E-state index < -0.39 is 0 Å². The topological polar surface area (TPSA) is 44.4 Å². The van der Waals surface area contributed by atoms with Crippen molar-refractivity contribution in [3.63, 3.8) is 0 Å². The third-order valence-electron chi connectivity index (χ3n) is 4.13. The van der Waals surface area contributed by atoms with Gasteiger partial charge in [0, 0.05) is 13.1 Å². The van der Waals surface area contributed by atoms with Crippen molar-refractivity contribution in [1.29, 1.82) is 0 Å². The van der Waals surface area contributed by atoms with Gasteiger partial charge in [-0.05, 0) is 37.4 Å². The number of rotatable bonds is 3. The molecule has 1 atom stereocenters. The predicted octanol–water partition coefficient (Wildman–Crippen LogP) is 1.75. The molecule has 3 rings (SSSR count). The second-order valence-corrected chi connectivity index (χ2v) is 5.51. The van der Waals surface area contributed by atoms with E-state index in [0.717, 1.165) is 26.2 Å². The van der Waals surface area contributed by atoms with Crippen LogP contribution in [0.4, 0.5) is 4.79 Å². The number of nitrogens with zero attached hydrogens (tertiary/aromatic N) is 1. The van der Waals surface area contributed by atoms with Gasteiger partial charge < -0.3 is 15.5 Å². The van der Waals surface area contributed by atoms with Crippen molar-refractivity contribution in [1.82, 2.24) is 15.5 Å². The minimum Gasteiger partial charge on any atom is -0.329 e. The zero-order chi connectivity index (χ0) is 13.1. The van der Waals surface area contributed by atoms with Crippen molar-refractivity contribution in [2.45, 2.75) is 18.9 Å². The number of urea groups is 1. The average molecular weight is 259 g/mol. The smallest absolute Gasteiger partial charge is 0.318 e. The monoisotopic (exact) mass is 259 g/mol. The summed E-state index contributed by atoms with van der Waals surface area (Å²) in [7, 11) is 0. The summed E-state index contributed by atoms with van der Waals surface area (Å²) < 4.78 is 0. The Kier molecular flexibility index (Phi) is 3.69. The van der Waals surface area contributed by atoms with Crippen LogP contribution in [-0.4, -0.2) is 37.1 Å². The molecule has 2 aliphatic heterocycles. The van der Waals surface area contributed by atoms with Gasteiger partial charge in [-0.3, -0.25) is 0 Å². The highest BCUT2D eigenvalue weighted by molar-refractivity contribution is 5.77. The molecule has 19 heavy (non-hydrogen) atoms. The molecule has 0 aromatic heterocycles. The number of carbonyl (C=O) groups is 1. The second kappa shape index (κ2) is 5.61. The van der Waals surface area contributed by atoms with Gasteiger partial charge in [-0.2, -0.15) is 0 Å². The number of carbonyl (C=O) groups excluding carboxylic acids is 1. The van der Waals surface area contributed by atoms with Crippen LogP contribution in [0.15, 0.2) is 30.3 Å². The van der Waals surface area contributed by atoms with E-state index >= 15 is 0 Å². The molecule has 0 saturated carbocycles. The summed E-state index contributed by atoms with van der Waals surface area (Å²) in [6, 6.07) is 10.5. The Morgan fingerprint density at radius 3 is 2.63 bits per heavy atom. The van der Waals surface area contributed by atoms with E-state index in [2.05, 4.69) is 22.8 Å². The minimum atomic E-state index is 0.0902. The molecule has 4 nitrogen and oxygen atoms in total. The molecule has 102 valence electrons. The van der Waals surface area contributed by atoms with E-state index in [9.17, 15) is 4.79 Å². The van der Waals surface area contributed by atoms with E-state index in [-0.39, 0.29) is 12.1 Å². The van der Waals surface area contributed by atoms with Crippen molar-refractivity contribution >= 4 is 6.03 Å². The number of amides is 2. The number of nitrogens with one attached hydrogen (secondary N) is 2. The maximum Gasteiger partial charge on any atom is 0.318 e. The fourth-order valence-corrected chi connectivity index (χ4v) is 3.00. The lowest BCUT2D eigenvalue weighted by Crippen LogP contribution is -2.37. The Balaban J connectivity index is 1.60. The van der Waals surface area contributed by atoms with Crippen LogP contribution in [0.25, 0.3) is 0 Å². The van der Waals surface area contributed by atoms with Crippen LogP contribution in [0, 0.1) is 5.92 Å². The molecule has 2 N–H and O–H groups in total. The summed E-state index contributed by atoms with van der Waals surface area (Å²) in [6.45, 7) is 3.87. The van der Waals surface area contributed by atoms with Crippen LogP contribution in [0.5, 0.6) is 0 Å². The Morgan fingerprint density at radius 2 is 1.89 bits per heavy atom. The number of piperidine rings is 1. The van der Waals surface area contributed by atoms with Gasteiger partial charge in [0.2, 0.25) is 0 Å². The molecule has 1 aromatic rings. The van der Waals surface area contributed by atoms with Crippen molar-refractivity contribution in [3.05, 3.63) is 35.9 Å². The lowest BCUT2D eigenvalue weighted by Gasteiger charge is -2.26. The molecular weight excluding hydrogens is 238 g/mol. The molecule has 0 bridgehead atoms. The molecule has 0 radical (unpaired) electrons. The molecule has 2 saturated heterocycles. The Labute approximate surface area is 114 Å². The van der Waals surface area contributed by atoms with E-state index in [1.807, 2.05) is 23.1 Å². The summed E-state index contributed by atoms with van der Waals surface area (Å²) >= 11 is 0. The number of hydrogen-bond acceptors (Lipinski definition) is 2. The summed E-state index contributed by atoms with van der Waals surface area (Å²) in [5.74, 6) is 0.654. The molecule has 0 spiro atoms. The molecule has 4 heteroatoms. The summed E-state index contributed by atoms with van der Waals surface area (Å²) in [4.78, 5) is 14.0. The molecule has 2 aliphatic rings. The quantitative estimate of drug-likeness (QED) is 0.868. The first kappa shape index (κ1) is 12.5. The fourth-order valence-electron chi connectivity index (χ4n) is 3.00. The number of benzene rings is 1. The molecule has 1 aromatic carbocycles. The molecule has 2 fully saturated rings. The van der Waals surface area contributed by atoms with Gasteiger partial charge in [0.25, 0.3) is 0 Å². The van der Waals surface area contributed by atoms with Gasteiger partial charge in [0.1, 0.15) is 0 Å². The van der Waals surface area contributed by atoms with Gasteiger partial charge in [0.15, 0.2) is 0 Å². The first-order valence-corrected chi connectivity index (χ1v) is 7.14. The molecule has 2 amide bonds. The Morgan fingerprint density at radius 1 is 1.16 bits per heavy atom. The van der Waals surface area contributed by atoms with Crippen molar-refractivity contribution in [2.75, 3.05) is 26.2 Å². The van der Waals surface area contributed by atoms with Crippen LogP contribution in [0.3, 0.4) is 0 Å².